The number of thiophene rings is 1. The fraction of sp³-hybridized carbons (Fsp3) is 0.615. The van der Waals surface area contributed by atoms with E-state index < -0.39 is 0 Å². The number of nitrogens with zero attached hydrogens (tertiary/aromatic N) is 1. The number of hydrogen-bond donors (Lipinski definition) is 2. The van der Waals surface area contributed by atoms with Crippen molar-refractivity contribution in [3.05, 3.63) is 22.4 Å². The molecule has 2 heterocycles. The lowest BCUT2D eigenvalue weighted by Gasteiger charge is -2.20. The molecule has 1 fully saturated rings. The Labute approximate surface area is 112 Å². The number of hydrogen-bond acceptors (Lipinski definition) is 4. The first-order valence-corrected chi connectivity index (χ1v) is 7.39. The maximum atomic E-state index is 12.0. The summed E-state index contributed by atoms with van der Waals surface area (Å²) >= 11 is 1.68. The molecular formula is C13H21N3OS. The highest BCUT2D eigenvalue weighted by Crippen LogP contribution is 2.17. The molecule has 1 aliphatic rings. The highest BCUT2D eigenvalue weighted by atomic mass is 32.1. The van der Waals surface area contributed by atoms with Gasteiger partial charge in [-0.1, -0.05) is 6.07 Å². The zero-order valence-electron chi connectivity index (χ0n) is 10.8. The van der Waals surface area contributed by atoms with E-state index in [2.05, 4.69) is 21.6 Å². The van der Waals surface area contributed by atoms with Crippen molar-refractivity contribution >= 4 is 17.2 Å². The van der Waals surface area contributed by atoms with E-state index in [4.69, 9.17) is 0 Å². The van der Waals surface area contributed by atoms with Gasteiger partial charge in [0.25, 0.3) is 0 Å². The van der Waals surface area contributed by atoms with Crippen LogP contribution in [-0.4, -0.2) is 43.5 Å². The van der Waals surface area contributed by atoms with Crippen LogP contribution in [-0.2, 0) is 4.79 Å². The Kier molecular flexibility index (Phi) is 5.16. The minimum absolute atomic E-state index is 0.114. The molecule has 0 spiro atoms. The highest BCUT2D eigenvalue weighted by molar-refractivity contribution is 7.10. The van der Waals surface area contributed by atoms with Gasteiger partial charge in [0.1, 0.15) is 0 Å². The minimum Gasteiger partial charge on any atom is -0.348 e. The summed E-state index contributed by atoms with van der Waals surface area (Å²) in [6.45, 7) is 6.55. The van der Waals surface area contributed by atoms with E-state index in [0.29, 0.717) is 6.54 Å². The van der Waals surface area contributed by atoms with Gasteiger partial charge in [0, 0.05) is 18.0 Å². The third kappa shape index (κ3) is 4.08. The van der Waals surface area contributed by atoms with E-state index in [1.165, 1.54) is 4.88 Å². The van der Waals surface area contributed by atoms with Crippen molar-refractivity contribution in [2.75, 3.05) is 32.7 Å². The largest absolute Gasteiger partial charge is 0.348 e. The van der Waals surface area contributed by atoms with E-state index in [1.54, 1.807) is 11.3 Å². The van der Waals surface area contributed by atoms with Crippen molar-refractivity contribution in [1.29, 1.82) is 0 Å². The summed E-state index contributed by atoms with van der Waals surface area (Å²) in [5.74, 6) is 0.123. The molecule has 0 aromatic carbocycles. The van der Waals surface area contributed by atoms with Crippen molar-refractivity contribution in [2.24, 2.45) is 0 Å². The predicted octanol–water partition coefficient (Wildman–Crippen LogP) is 1.22. The van der Waals surface area contributed by atoms with Gasteiger partial charge < -0.3 is 10.6 Å². The Balaban J connectivity index is 1.77. The van der Waals surface area contributed by atoms with E-state index in [9.17, 15) is 4.79 Å². The van der Waals surface area contributed by atoms with Crippen LogP contribution < -0.4 is 10.6 Å². The molecule has 0 aliphatic carbocycles. The average molecular weight is 267 g/mol. The Morgan fingerprint density at radius 3 is 3.22 bits per heavy atom. The molecule has 1 aromatic heterocycles. The second-order valence-electron chi connectivity index (χ2n) is 4.68. The number of carbonyl (C=O) groups is 1. The summed E-state index contributed by atoms with van der Waals surface area (Å²) in [5, 5.41) is 8.44. The molecule has 2 N–H and O–H groups in total. The van der Waals surface area contributed by atoms with Gasteiger partial charge in [-0.3, -0.25) is 9.69 Å². The van der Waals surface area contributed by atoms with E-state index >= 15 is 0 Å². The topological polar surface area (TPSA) is 44.4 Å². The fourth-order valence-corrected chi connectivity index (χ4v) is 2.89. The second-order valence-corrected chi connectivity index (χ2v) is 5.66. The van der Waals surface area contributed by atoms with Crippen LogP contribution in [0.5, 0.6) is 0 Å². The number of carbonyl (C=O) groups excluding carboxylic acids is 1. The van der Waals surface area contributed by atoms with Crippen molar-refractivity contribution in [3.63, 3.8) is 0 Å². The third-order valence-corrected chi connectivity index (χ3v) is 4.20. The Morgan fingerprint density at radius 1 is 1.56 bits per heavy atom. The van der Waals surface area contributed by atoms with Crippen LogP contribution in [0.4, 0.5) is 0 Å². The van der Waals surface area contributed by atoms with Crippen molar-refractivity contribution in [3.8, 4) is 0 Å². The molecule has 1 aliphatic heterocycles. The number of rotatable bonds is 4. The van der Waals surface area contributed by atoms with Crippen LogP contribution in [0.25, 0.3) is 0 Å². The quantitative estimate of drug-likeness (QED) is 0.862. The zero-order valence-corrected chi connectivity index (χ0v) is 11.6. The lowest BCUT2D eigenvalue weighted by Crippen LogP contribution is -2.39. The maximum Gasteiger partial charge on any atom is 0.234 e. The van der Waals surface area contributed by atoms with Crippen LogP contribution in [0.1, 0.15) is 24.3 Å². The standard InChI is InChI=1S/C13H21N3OS/c1-11(12-4-2-9-18-12)15-13(17)10-16-7-3-5-14-6-8-16/h2,4,9,11,14H,3,5-8,10H2,1H3,(H,15,17)/t11-/m1/s1. The number of amides is 1. The van der Waals surface area contributed by atoms with Gasteiger partial charge in [-0.05, 0) is 37.9 Å². The molecule has 2 rings (SSSR count). The lowest BCUT2D eigenvalue weighted by atomic mass is 10.2. The normalized spacial score (nSPS) is 19.2. The van der Waals surface area contributed by atoms with Crippen LogP contribution in [0.15, 0.2) is 17.5 Å². The van der Waals surface area contributed by atoms with E-state index in [-0.39, 0.29) is 11.9 Å². The molecule has 1 saturated heterocycles. The predicted molar refractivity (Wildman–Crippen MR) is 74.8 cm³/mol. The Hall–Kier alpha value is -0.910. The minimum atomic E-state index is 0.114. The van der Waals surface area contributed by atoms with E-state index in [1.807, 2.05) is 18.4 Å². The van der Waals surface area contributed by atoms with Crippen LogP contribution >= 0.6 is 11.3 Å². The van der Waals surface area contributed by atoms with Crippen molar-refractivity contribution in [2.45, 2.75) is 19.4 Å². The molecule has 18 heavy (non-hydrogen) atoms. The molecule has 0 unspecified atom stereocenters. The maximum absolute atomic E-state index is 12.0. The van der Waals surface area contributed by atoms with Crippen molar-refractivity contribution < 1.29 is 4.79 Å². The first kappa shape index (κ1) is 13.5. The summed E-state index contributed by atoms with van der Waals surface area (Å²) in [5.41, 5.74) is 0. The molecule has 0 saturated carbocycles. The van der Waals surface area contributed by atoms with Crippen LogP contribution in [0, 0.1) is 0 Å². The van der Waals surface area contributed by atoms with Gasteiger partial charge in [0.15, 0.2) is 0 Å². The summed E-state index contributed by atoms with van der Waals surface area (Å²) in [4.78, 5) is 15.4. The van der Waals surface area contributed by atoms with Gasteiger partial charge in [-0.2, -0.15) is 0 Å². The van der Waals surface area contributed by atoms with Crippen LogP contribution in [0.2, 0.25) is 0 Å². The molecule has 1 amide bonds. The Morgan fingerprint density at radius 2 is 2.44 bits per heavy atom. The molecule has 5 heteroatoms. The zero-order chi connectivity index (χ0) is 12.8. The van der Waals surface area contributed by atoms with Gasteiger partial charge in [-0.15, -0.1) is 11.3 Å². The van der Waals surface area contributed by atoms with Crippen LogP contribution in [0.3, 0.4) is 0 Å². The third-order valence-electron chi connectivity index (χ3n) is 3.15. The molecule has 1 aromatic rings. The molecule has 4 nitrogen and oxygen atoms in total. The summed E-state index contributed by atoms with van der Waals surface area (Å²) in [6.07, 6.45) is 1.12. The summed E-state index contributed by atoms with van der Waals surface area (Å²) < 4.78 is 0. The smallest absolute Gasteiger partial charge is 0.234 e. The Bertz CT molecular complexity index is 358. The van der Waals surface area contributed by atoms with Gasteiger partial charge >= 0.3 is 0 Å². The van der Waals surface area contributed by atoms with Gasteiger partial charge in [0.2, 0.25) is 5.91 Å². The molecular weight excluding hydrogens is 246 g/mol. The molecule has 1 atom stereocenters. The monoisotopic (exact) mass is 267 g/mol. The second kappa shape index (κ2) is 6.87. The fourth-order valence-electron chi connectivity index (χ4n) is 2.16. The summed E-state index contributed by atoms with van der Waals surface area (Å²) in [7, 11) is 0. The van der Waals surface area contributed by atoms with E-state index in [0.717, 1.165) is 32.6 Å². The SMILES string of the molecule is C[C@@H](NC(=O)CN1CCCNCC1)c1cccs1. The average Bonchev–Trinajstić information content (AvgIpc) is 2.76. The van der Waals surface area contributed by atoms with Gasteiger partial charge in [-0.25, -0.2) is 0 Å². The molecule has 0 bridgehead atoms. The lowest BCUT2D eigenvalue weighted by molar-refractivity contribution is -0.122. The molecule has 0 radical (unpaired) electrons. The number of nitrogens with one attached hydrogen (secondary N) is 2. The first-order valence-electron chi connectivity index (χ1n) is 6.51. The first-order chi connectivity index (χ1) is 8.75. The summed E-state index contributed by atoms with van der Waals surface area (Å²) in [6, 6.07) is 4.19. The van der Waals surface area contributed by atoms with Gasteiger partial charge in [0.05, 0.1) is 12.6 Å². The highest BCUT2D eigenvalue weighted by Gasteiger charge is 2.15. The van der Waals surface area contributed by atoms with Crippen molar-refractivity contribution in [1.82, 2.24) is 15.5 Å². The molecule has 100 valence electrons.